The van der Waals surface area contributed by atoms with E-state index in [1.54, 1.807) is 24.3 Å². The molecule has 23 heavy (non-hydrogen) atoms. The molecular formula is C19H22O4. The first-order chi connectivity index (χ1) is 11.1. The van der Waals surface area contributed by atoms with Crippen LogP contribution in [0.3, 0.4) is 0 Å². The number of rotatable bonds is 8. The fraction of sp³-hybridized carbons (Fsp3) is 0.316. The minimum atomic E-state index is -0.294. The predicted molar refractivity (Wildman–Crippen MR) is 89.3 cm³/mol. The van der Waals surface area contributed by atoms with Crippen molar-refractivity contribution in [2.45, 2.75) is 32.6 Å². The van der Waals surface area contributed by atoms with Crippen LogP contribution in [0.2, 0.25) is 0 Å². The lowest BCUT2D eigenvalue weighted by atomic mass is 10.0. The molecule has 0 fully saturated rings. The van der Waals surface area contributed by atoms with Gasteiger partial charge in [0.25, 0.3) is 0 Å². The second-order valence-electron chi connectivity index (χ2n) is 5.46. The molecule has 0 aliphatic carbocycles. The van der Waals surface area contributed by atoms with Crippen molar-refractivity contribution in [2.75, 3.05) is 6.61 Å². The first kappa shape index (κ1) is 16.9. The van der Waals surface area contributed by atoms with Crippen LogP contribution in [0.15, 0.2) is 42.5 Å². The molecule has 4 heteroatoms. The van der Waals surface area contributed by atoms with Gasteiger partial charge in [-0.15, -0.1) is 0 Å². The summed E-state index contributed by atoms with van der Waals surface area (Å²) in [5.74, 6) is 0.127. The van der Waals surface area contributed by atoms with Crippen LogP contribution < -0.4 is 4.74 Å². The van der Waals surface area contributed by atoms with Crippen molar-refractivity contribution in [1.29, 1.82) is 0 Å². The van der Waals surface area contributed by atoms with Crippen molar-refractivity contribution in [1.82, 2.24) is 0 Å². The first-order valence-corrected chi connectivity index (χ1v) is 7.91. The number of benzene rings is 2. The van der Waals surface area contributed by atoms with Gasteiger partial charge in [0.15, 0.2) is 5.78 Å². The largest absolute Gasteiger partial charge is 0.508 e. The third kappa shape index (κ3) is 4.74. The Morgan fingerprint density at radius 3 is 2.39 bits per heavy atom. The number of hydrogen-bond donors (Lipinski definition) is 2. The van der Waals surface area contributed by atoms with Crippen molar-refractivity contribution >= 4 is 5.78 Å². The van der Waals surface area contributed by atoms with E-state index in [2.05, 4.69) is 6.92 Å². The molecule has 0 unspecified atom stereocenters. The lowest BCUT2D eigenvalue weighted by Gasteiger charge is -2.08. The minimum Gasteiger partial charge on any atom is -0.508 e. The highest BCUT2D eigenvalue weighted by atomic mass is 16.5. The summed E-state index contributed by atoms with van der Waals surface area (Å²) in [7, 11) is 0. The molecule has 0 aliphatic rings. The van der Waals surface area contributed by atoms with Gasteiger partial charge in [0.2, 0.25) is 0 Å². The summed E-state index contributed by atoms with van der Waals surface area (Å²) >= 11 is 0. The van der Waals surface area contributed by atoms with Gasteiger partial charge in [0.1, 0.15) is 17.2 Å². The summed E-state index contributed by atoms with van der Waals surface area (Å²) in [4.78, 5) is 12.3. The van der Waals surface area contributed by atoms with Crippen LogP contribution >= 0.6 is 0 Å². The van der Waals surface area contributed by atoms with Crippen LogP contribution in [0.1, 0.15) is 48.5 Å². The van der Waals surface area contributed by atoms with Crippen molar-refractivity contribution in [3.05, 3.63) is 53.6 Å². The lowest BCUT2D eigenvalue weighted by molar-refractivity contribution is 0.103. The van der Waals surface area contributed by atoms with Crippen molar-refractivity contribution in [2.24, 2.45) is 0 Å². The number of carbonyl (C=O) groups excluding carboxylic acids is 1. The quantitative estimate of drug-likeness (QED) is 0.563. The van der Waals surface area contributed by atoms with E-state index in [-0.39, 0.29) is 22.8 Å². The highest BCUT2D eigenvalue weighted by molar-refractivity contribution is 6.10. The van der Waals surface area contributed by atoms with E-state index in [1.165, 1.54) is 25.0 Å². The summed E-state index contributed by atoms with van der Waals surface area (Å²) in [5.41, 5.74) is 0.625. The molecule has 122 valence electrons. The van der Waals surface area contributed by atoms with E-state index in [0.29, 0.717) is 12.2 Å². The van der Waals surface area contributed by atoms with Gasteiger partial charge >= 0.3 is 0 Å². The standard InChI is InChI=1S/C19H22O4/c1-2-3-4-5-12-23-16-9-6-14(7-10-16)19(22)17-11-8-15(20)13-18(17)21/h6-11,13,20-21H,2-5,12H2,1H3. The molecule has 0 aliphatic heterocycles. The average molecular weight is 314 g/mol. The molecule has 4 nitrogen and oxygen atoms in total. The SMILES string of the molecule is CCCCCCOc1ccc(C(=O)c2ccc(O)cc2O)cc1. The number of phenols is 2. The number of aromatic hydroxyl groups is 2. The molecule has 2 aromatic carbocycles. The van der Waals surface area contributed by atoms with E-state index in [4.69, 9.17) is 4.74 Å². The number of hydrogen-bond acceptors (Lipinski definition) is 4. The van der Waals surface area contributed by atoms with Crippen LogP contribution in [-0.2, 0) is 0 Å². The fourth-order valence-electron chi connectivity index (χ4n) is 2.29. The summed E-state index contributed by atoms with van der Waals surface area (Å²) in [6.07, 6.45) is 4.59. The first-order valence-electron chi connectivity index (χ1n) is 7.91. The molecule has 0 radical (unpaired) electrons. The van der Waals surface area contributed by atoms with Gasteiger partial charge in [0.05, 0.1) is 12.2 Å². The highest BCUT2D eigenvalue weighted by Crippen LogP contribution is 2.25. The molecule has 0 amide bonds. The maximum Gasteiger partial charge on any atom is 0.196 e. The zero-order valence-corrected chi connectivity index (χ0v) is 13.3. The Balaban J connectivity index is 1.97. The number of ketones is 1. The normalized spacial score (nSPS) is 10.5. The summed E-state index contributed by atoms with van der Waals surface area (Å²) < 4.78 is 5.64. The van der Waals surface area contributed by atoms with E-state index >= 15 is 0 Å². The van der Waals surface area contributed by atoms with Crippen LogP contribution in [-0.4, -0.2) is 22.6 Å². The van der Waals surface area contributed by atoms with Crippen molar-refractivity contribution < 1.29 is 19.7 Å². The van der Waals surface area contributed by atoms with Gasteiger partial charge in [-0.3, -0.25) is 4.79 Å². The summed E-state index contributed by atoms with van der Waals surface area (Å²) in [6, 6.07) is 10.8. The van der Waals surface area contributed by atoms with Crippen molar-refractivity contribution in [3.8, 4) is 17.2 Å². The second kappa shape index (κ2) is 8.22. The fourth-order valence-corrected chi connectivity index (χ4v) is 2.29. The molecular weight excluding hydrogens is 292 g/mol. The van der Waals surface area contributed by atoms with Crippen LogP contribution in [0.4, 0.5) is 0 Å². The highest BCUT2D eigenvalue weighted by Gasteiger charge is 2.14. The monoisotopic (exact) mass is 314 g/mol. The van der Waals surface area contributed by atoms with Crippen LogP contribution in [0, 0.1) is 0 Å². The zero-order valence-electron chi connectivity index (χ0n) is 13.3. The topological polar surface area (TPSA) is 66.8 Å². The van der Waals surface area contributed by atoms with E-state index in [9.17, 15) is 15.0 Å². The Hall–Kier alpha value is -2.49. The minimum absolute atomic E-state index is 0.0779. The Labute approximate surface area is 136 Å². The molecule has 2 N–H and O–H groups in total. The van der Waals surface area contributed by atoms with E-state index < -0.39 is 0 Å². The van der Waals surface area contributed by atoms with Gasteiger partial charge in [-0.05, 0) is 42.8 Å². The Morgan fingerprint density at radius 1 is 1.00 bits per heavy atom. The van der Waals surface area contributed by atoms with E-state index in [1.807, 2.05) is 0 Å². The molecule has 0 bridgehead atoms. The maximum absolute atomic E-state index is 12.3. The number of ether oxygens (including phenoxy) is 1. The molecule has 2 rings (SSSR count). The number of carbonyl (C=O) groups is 1. The molecule has 0 spiro atoms. The van der Waals surface area contributed by atoms with Gasteiger partial charge in [-0.25, -0.2) is 0 Å². The molecule has 2 aromatic rings. The van der Waals surface area contributed by atoms with Gasteiger partial charge in [-0.1, -0.05) is 26.2 Å². The third-order valence-corrected chi connectivity index (χ3v) is 3.61. The summed E-state index contributed by atoms with van der Waals surface area (Å²) in [5, 5.41) is 19.0. The van der Waals surface area contributed by atoms with E-state index in [0.717, 1.165) is 24.7 Å². The maximum atomic E-state index is 12.3. The molecule has 0 aromatic heterocycles. The van der Waals surface area contributed by atoms with Crippen LogP contribution in [0.5, 0.6) is 17.2 Å². The Bertz CT molecular complexity index is 647. The predicted octanol–water partition coefficient (Wildman–Crippen LogP) is 4.29. The molecule has 0 saturated carbocycles. The average Bonchev–Trinajstić information content (AvgIpc) is 2.55. The van der Waals surface area contributed by atoms with Gasteiger partial charge in [-0.2, -0.15) is 0 Å². The lowest BCUT2D eigenvalue weighted by Crippen LogP contribution is -2.02. The Kier molecular flexibility index (Phi) is 6.03. The Morgan fingerprint density at radius 2 is 1.74 bits per heavy atom. The molecule has 0 saturated heterocycles. The van der Waals surface area contributed by atoms with Crippen LogP contribution in [0.25, 0.3) is 0 Å². The molecule has 0 heterocycles. The number of unbranched alkanes of at least 4 members (excludes halogenated alkanes) is 3. The second-order valence-corrected chi connectivity index (χ2v) is 5.46. The summed E-state index contributed by atoms with van der Waals surface area (Å²) in [6.45, 7) is 2.84. The number of phenolic OH excluding ortho intramolecular Hbond substituents is 2. The zero-order chi connectivity index (χ0) is 16.7. The molecule has 0 atom stereocenters. The van der Waals surface area contributed by atoms with Crippen molar-refractivity contribution in [3.63, 3.8) is 0 Å². The van der Waals surface area contributed by atoms with Gasteiger partial charge in [0, 0.05) is 11.6 Å². The van der Waals surface area contributed by atoms with Gasteiger partial charge < -0.3 is 14.9 Å². The third-order valence-electron chi connectivity index (χ3n) is 3.61. The smallest absolute Gasteiger partial charge is 0.196 e.